The Bertz CT molecular complexity index is 304. The predicted molar refractivity (Wildman–Crippen MR) is 66.0 cm³/mol. The van der Waals surface area contributed by atoms with Gasteiger partial charge in [-0.15, -0.1) is 0 Å². The number of carboxylic acid groups (broad SMARTS) is 1. The fourth-order valence-corrected chi connectivity index (χ4v) is 2.13. The lowest BCUT2D eigenvalue weighted by molar-refractivity contribution is -0.144. The molecule has 1 aliphatic heterocycles. The summed E-state index contributed by atoms with van der Waals surface area (Å²) in [5, 5.41) is 9.05. The van der Waals surface area contributed by atoms with Crippen LogP contribution in [0.4, 0.5) is 0 Å². The summed E-state index contributed by atoms with van der Waals surface area (Å²) >= 11 is 0. The zero-order chi connectivity index (χ0) is 13.7. The Morgan fingerprint density at radius 2 is 2.17 bits per heavy atom. The van der Waals surface area contributed by atoms with Gasteiger partial charge in [-0.25, -0.2) is 0 Å². The third-order valence-electron chi connectivity index (χ3n) is 3.63. The maximum absolute atomic E-state index is 12.0. The van der Waals surface area contributed by atoms with Gasteiger partial charge in [0.15, 0.2) is 0 Å². The Balaban J connectivity index is 2.60. The molecule has 0 aromatic heterocycles. The van der Waals surface area contributed by atoms with Crippen LogP contribution in [0.15, 0.2) is 0 Å². The first-order chi connectivity index (χ1) is 8.51. The van der Waals surface area contributed by atoms with Gasteiger partial charge < -0.3 is 20.5 Å². The molecule has 0 aromatic carbocycles. The van der Waals surface area contributed by atoms with Crippen LogP contribution in [-0.2, 0) is 14.3 Å². The van der Waals surface area contributed by atoms with E-state index in [1.54, 1.807) is 7.05 Å². The Labute approximate surface area is 107 Å². The summed E-state index contributed by atoms with van der Waals surface area (Å²) in [6, 6.07) is -0.370. The lowest BCUT2D eigenvalue weighted by Crippen LogP contribution is -2.44. The quantitative estimate of drug-likeness (QED) is 0.695. The van der Waals surface area contributed by atoms with Crippen molar-refractivity contribution in [3.05, 3.63) is 0 Å². The number of carbonyl (C=O) groups excluding carboxylic acids is 1. The van der Waals surface area contributed by atoms with Gasteiger partial charge in [0.25, 0.3) is 0 Å². The summed E-state index contributed by atoms with van der Waals surface area (Å²) in [6.45, 7) is 2.92. The molecule has 1 fully saturated rings. The lowest BCUT2D eigenvalue weighted by atomic mass is 9.99. The van der Waals surface area contributed by atoms with Crippen LogP contribution in [-0.4, -0.2) is 54.7 Å². The topological polar surface area (TPSA) is 92.9 Å². The van der Waals surface area contributed by atoms with Gasteiger partial charge in [-0.1, -0.05) is 13.3 Å². The number of nitrogens with two attached hydrogens (primary N) is 1. The van der Waals surface area contributed by atoms with Crippen molar-refractivity contribution < 1.29 is 19.4 Å². The smallest absolute Gasteiger partial charge is 0.311 e. The summed E-state index contributed by atoms with van der Waals surface area (Å²) in [7, 11) is 1.64. The molecule has 6 heteroatoms. The number of carbonyl (C=O) groups is 2. The van der Waals surface area contributed by atoms with Crippen LogP contribution in [0.1, 0.15) is 19.8 Å². The molecular weight excluding hydrogens is 236 g/mol. The molecule has 0 aliphatic carbocycles. The summed E-state index contributed by atoms with van der Waals surface area (Å²) in [6.07, 6.45) is 1.21. The molecule has 1 aliphatic rings. The highest BCUT2D eigenvalue weighted by molar-refractivity contribution is 5.78. The third kappa shape index (κ3) is 3.43. The number of nitrogens with zero attached hydrogens (tertiary/aromatic N) is 1. The van der Waals surface area contributed by atoms with Crippen LogP contribution in [0.25, 0.3) is 0 Å². The van der Waals surface area contributed by atoms with Gasteiger partial charge in [-0.05, 0) is 12.5 Å². The molecule has 3 N–H and O–H groups in total. The number of carboxylic acids is 1. The van der Waals surface area contributed by atoms with E-state index in [1.165, 1.54) is 4.90 Å². The molecule has 0 bridgehead atoms. The van der Waals surface area contributed by atoms with Gasteiger partial charge in [0.2, 0.25) is 5.91 Å². The summed E-state index contributed by atoms with van der Waals surface area (Å²) in [5.74, 6) is -1.44. The zero-order valence-corrected chi connectivity index (χ0v) is 11.0. The minimum atomic E-state index is -0.914. The van der Waals surface area contributed by atoms with Crippen molar-refractivity contribution in [1.29, 1.82) is 0 Å². The van der Waals surface area contributed by atoms with Crippen LogP contribution >= 0.6 is 0 Å². The molecular formula is C12H22N2O4. The fourth-order valence-electron chi connectivity index (χ4n) is 2.13. The van der Waals surface area contributed by atoms with Crippen LogP contribution < -0.4 is 5.73 Å². The average molecular weight is 258 g/mol. The second-order valence-corrected chi connectivity index (χ2v) is 4.77. The molecule has 0 saturated carbocycles. The lowest BCUT2D eigenvalue weighted by Gasteiger charge is -2.27. The maximum atomic E-state index is 12.0. The monoisotopic (exact) mass is 258 g/mol. The highest BCUT2D eigenvalue weighted by Crippen LogP contribution is 2.20. The number of hydrogen-bond acceptors (Lipinski definition) is 4. The first-order valence-electron chi connectivity index (χ1n) is 6.27. The number of likely N-dealkylation sites (N-methyl/N-ethyl adjacent to an activating group) is 1. The molecule has 3 unspecified atom stereocenters. The molecule has 0 radical (unpaired) electrons. The first kappa shape index (κ1) is 14.9. The number of rotatable bonds is 6. The summed E-state index contributed by atoms with van der Waals surface area (Å²) in [4.78, 5) is 24.6. The van der Waals surface area contributed by atoms with Crippen molar-refractivity contribution >= 4 is 11.9 Å². The van der Waals surface area contributed by atoms with E-state index >= 15 is 0 Å². The summed E-state index contributed by atoms with van der Waals surface area (Å²) in [5.41, 5.74) is 5.57. The normalized spacial score (nSPS) is 24.8. The van der Waals surface area contributed by atoms with E-state index in [-0.39, 0.29) is 24.5 Å². The highest BCUT2D eigenvalue weighted by Gasteiger charge is 2.38. The van der Waals surface area contributed by atoms with Crippen molar-refractivity contribution in [2.24, 2.45) is 17.6 Å². The van der Waals surface area contributed by atoms with Crippen molar-refractivity contribution in [2.75, 3.05) is 26.8 Å². The van der Waals surface area contributed by atoms with E-state index < -0.39 is 11.9 Å². The predicted octanol–water partition coefficient (Wildman–Crippen LogP) is -0.0806. The highest BCUT2D eigenvalue weighted by atomic mass is 16.5. The largest absolute Gasteiger partial charge is 0.481 e. The Morgan fingerprint density at radius 3 is 2.67 bits per heavy atom. The second kappa shape index (κ2) is 6.70. The van der Waals surface area contributed by atoms with Gasteiger partial charge in [0.1, 0.15) is 5.92 Å². The minimum absolute atomic E-state index is 0.0611. The second-order valence-electron chi connectivity index (χ2n) is 4.77. The zero-order valence-electron chi connectivity index (χ0n) is 11.0. The van der Waals surface area contributed by atoms with Gasteiger partial charge in [-0.2, -0.15) is 0 Å². The molecule has 0 aromatic rings. The molecule has 0 spiro atoms. The fraction of sp³-hybridized carbons (Fsp3) is 0.833. The van der Waals surface area contributed by atoms with Crippen molar-refractivity contribution in [3.8, 4) is 0 Å². The average Bonchev–Trinajstić information content (AvgIpc) is 2.83. The van der Waals surface area contributed by atoms with Crippen LogP contribution in [0, 0.1) is 11.8 Å². The standard InChI is InChI=1S/C12H22N2O4/c1-3-8(5-13)4-11(15)14(2)10-7-18-6-9(10)12(16)17/h8-10H,3-7,13H2,1-2H3,(H,16,17). The minimum Gasteiger partial charge on any atom is -0.481 e. The Morgan fingerprint density at radius 1 is 1.50 bits per heavy atom. The number of hydrogen-bond donors (Lipinski definition) is 2. The molecule has 104 valence electrons. The van der Waals surface area contributed by atoms with E-state index in [2.05, 4.69) is 0 Å². The number of ether oxygens (including phenoxy) is 1. The molecule has 6 nitrogen and oxygen atoms in total. The van der Waals surface area contributed by atoms with E-state index in [0.29, 0.717) is 19.6 Å². The van der Waals surface area contributed by atoms with Crippen molar-refractivity contribution in [1.82, 2.24) is 4.90 Å². The maximum Gasteiger partial charge on any atom is 0.311 e. The molecule has 18 heavy (non-hydrogen) atoms. The van der Waals surface area contributed by atoms with E-state index in [1.807, 2.05) is 6.92 Å². The Kier molecular flexibility index (Phi) is 5.55. The van der Waals surface area contributed by atoms with Crippen LogP contribution in [0.2, 0.25) is 0 Å². The molecule has 1 heterocycles. The molecule has 1 amide bonds. The van der Waals surface area contributed by atoms with E-state index in [9.17, 15) is 9.59 Å². The molecule has 3 atom stereocenters. The van der Waals surface area contributed by atoms with Crippen molar-refractivity contribution in [3.63, 3.8) is 0 Å². The molecule has 1 saturated heterocycles. The summed E-state index contributed by atoms with van der Waals surface area (Å²) < 4.78 is 5.16. The van der Waals surface area contributed by atoms with Crippen molar-refractivity contribution in [2.45, 2.75) is 25.8 Å². The van der Waals surface area contributed by atoms with E-state index in [4.69, 9.17) is 15.6 Å². The third-order valence-corrected chi connectivity index (χ3v) is 3.63. The van der Waals surface area contributed by atoms with Crippen LogP contribution in [0.3, 0.4) is 0 Å². The van der Waals surface area contributed by atoms with Gasteiger partial charge in [0, 0.05) is 13.5 Å². The number of aliphatic carboxylic acids is 1. The van der Waals surface area contributed by atoms with Gasteiger partial charge in [-0.3, -0.25) is 9.59 Å². The van der Waals surface area contributed by atoms with E-state index in [0.717, 1.165) is 6.42 Å². The van der Waals surface area contributed by atoms with Gasteiger partial charge >= 0.3 is 5.97 Å². The SMILES string of the molecule is CCC(CN)CC(=O)N(C)C1COCC1C(=O)O. The van der Waals surface area contributed by atoms with Gasteiger partial charge in [0.05, 0.1) is 19.3 Å². The first-order valence-corrected chi connectivity index (χ1v) is 6.27. The number of amides is 1. The molecule has 1 rings (SSSR count). The Hall–Kier alpha value is -1.14. The van der Waals surface area contributed by atoms with Crippen LogP contribution in [0.5, 0.6) is 0 Å².